The van der Waals surface area contributed by atoms with E-state index in [2.05, 4.69) is 19.1 Å². The average Bonchev–Trinajstić information content (AvgIpc) is 2.16. The number of hydrogen-bond acceptors (Lipinski definition) is 2. The van der Waals surface area contributed by atoms with Crippen molar-refractivity contribution in [1.82, 2.24) is 0 Å². The van der Waals surface area contributed by atoms with Gasteiger partial charge in [-0.3, -0.25) is 0 Å². The lowest BCUT2D eigenvalue weighted by Gasteiger charge is -2.14. The van der Waals surface area contributed by atoms with E-state index in [-0.39, 0.29) is 6.10 Å². The van der Waals surface area contributed by atoms with Crippen molar-refractivity contribution >= 4 is 11.8 Å². The van der Waals surface area contributed by atoms with Crippen LogP contribution in [0.1, 0.15) is 19.4 Å². The van der Waals surface area contributed by atoms with Crippen molar-refractivity contribution in [3.63, 3.8) is 0 Å². The van der Waals surface area contributed by atoms with Gasteiger partial charge in [-0.25, -0.2) is 0 Å². The molecule has 0 radical (unpaired) electrons. The summed E-state index contributed by atoms with van der Waals surface area (Å²) in [6.45, 7) is 6.19. The van der Waals surface area contributed by atoms with Crippen molar-refractivity contribution in [2.24, 2.45) is 5.92 Å². The SMILES string of the molecule is Cc1ccccc1SCC(O)C(C)C. The maximum absolute atomic E-state index is 9.66. The maximum Gasteiger partial charge on any atom is 0.0656 e. The first kappa shape index (κ1) is 11.6. The van der Waals surface area contributed by atoms with Crippen molar-refractivity contribution in [2.45, 2.75) is 31.8 Å². The molecule has 1 aromatic rings. The van der Waals surface area contributed by atoms with E-state index in [9.17, 15) is 5.11 Å². The van der Waals surface area contributed by atoms with E-state index >= 15 is 0 Å². The Balaban J connectivity index is 2.50. The van der Waals surface area contributed by atoms with Crippen LogP contribution >= 0.6 is 11.8 Å². The van der Waals surface area contributed by atoms with Crippen LogP contribution in [0.4, 0.5) is 0 Å². The molecule has 1 nitrogen and oxygen atoms in total. The summed E-state index contributed by atoms with van der Waals surface area (Å²) in [5.41, 5.74) is 1.29. The molecule has 0 heterocycles. The summed E-state index contributed by atoms with van der Waals surface area (Å²) in [6, 6.07) is 8.28. The molecule has 0 aromatic heterocycles. The Hall–Kier alpha value is -0.470. The molecule has 0 saturated carbocycles. The van der Waals surface area contributed by atoms with Crippen LogP contribution in [0.3, 0.4) is 0 Å². The minimum absolute atomic E-state index is 0.209. The lowest BCUT2D eigenvalue weighted by Crippen LogP contribution is -2.17. The zero-order chi connectivity index (χ0) is 10.6. The normalized spacial score (nSPS) is 13.2. The summed E-state index contributed by atoms with van der Waals surface area (Å²) in [7, 11) is 0. The average molecular weight is 210 g/mol. The second-order valence-electron chi connectivity index (χ2n) is 3.89. The molecule has 1 atom stereocenters. The highest BCUT2D eigenvalue weighted by Crippen LogP contribution is 2.23. The van der Waals surface area contributed by atoms with Gasteiger partial charge in [-0.15, -0.1) is 11.8 Å². The fourth-order valence-electron chi connectivity index (χ4n) is 1.09. The highest BCUT2D eigenvalue weighted by Gasteiger charge is 2.09. The van der Waals surface area contributed by atoms with Crippen molar-refractivity contribution in [3.8, 4) is 0 Å². The quantitative estimate of drug-likeness (QED) is 0.771. The molecule has 0 aliphatic rings. The molecule has 0 saturated heterocycles. The third kappa shape index (κ3) is 3.35. The van der Waals surface area contributed by atoms with Gasteiger partial charge in [0.1, 0.15) is 0 Å². The number of aryl methyl sites for hydroxylation is 1. The first-order valence-corrected chi connectivity index (χ1v) is 5.96. The highest BCUT2D eigenvalue weighted by molar-refractivity contribution is 7.99. The minimum atomic E-state index is -0.209. The van der Waals surface area contributed by atoms with Crippen LogP contribution in [0.15, 0.2) is 29.2 Å². The number of rotatable bonds is 4. The zero-order valence-corrected chi connectivity index (χ0v) is 9.84. The van der Waals surface area contributed by atoms with Gasteiger partial charge >= 0.3 is 0 Å². The predicted octanol–water partition coefficient (Wildman–Crippen LogP) is 3.10. The number of benzene rings is 1. The van der Waals surface area contributed by atoms with E-state index in [1.807, 2.05) is 26.0 Å². The second-order valence-corrected chi connectivity index (χ2v) is 4.95. The number of aliphatic hydroxyl groups excluding tert-OH is 1. The largest absolute Gasteiger partial charge is 0.392 e. The molecule has 1 N–H and O–H groups in total. The van der Waals surface area contributed by atoms with Crippen LogP contribution in [0.2, 0.25) is 0 Å². The van der Waals surface area contributed by atoms with Gasteiger partial charge in [-0.05, 0) is 24.5 Å². The Kier molecular flexibility index (Phi) is 4.49. The topological polar surface area (TPSA) is 20.2 Å². The molecule has 1 unspecified atom stereocenters. The summed E-state index contributed by atoms with van der Waals surface area (Å²) in [5, 5.41) is 9.66. The van der Waals surface area contributed by atoms with Gasteiger partial charge in [-0.1, -0.05) is 32.0 Å². The summed E-state index contributed by atoms with van der Waals surface area (Å²) in [4.78, 5) is 1.27. The third-order valence-electron chi connectivity index (χ3n) is 2.27. The summed E-state index contributed by atoms with van der Waals surface area (Å²) < 4.78 is 0. The van der Waals surface area contributed by atoms with E-state index in [0.29, 0.717) is 5.92 Å². The standard InChI is InChI=1S/C12H18OS/c1-9(2)11(13)8-14-12-7-5-4-6-10(12)3/h4-7,9,11,13H,8H2,1-3H3. The lowest BCUT2D eigenvalue weighted by molar-refractivity contribution is 0.149. The molecule has 0 aliphatic carbocycles. The van der Waals surface area contributed by atoms with E-state index in [4.69, 9.17) is 0 Å². The third-order valence-corrected chi connectivity index (χ3v) is 3.55. The van der Waals surface area contributed by atoms with Gasteiger partial charge in [0.2, 0.25) is 0 Å². The van der Waals surface area contributed by atoms with Crippen LogP contribution in [0.25, 0.3) is 0 Å². The fraction of sp³-hybridized carbons (Fsp3) is 0.500. The second kappa shape index (κ2) is 5.42. The molecule has 2 heteroatoms. The monoisotopic (exact) mass is 210 g/mol. The fourth-order valence-corrected chi connectivity index (χ4v) is 2.29. The number of thioether (sulfide) groups is 1. The van der Waals surface area contributed by atoms with Gasteiger partial charge in [0.25, 0.3) is 0 Å². The van der Waals surface area contributed by atoms with Crippen molar-refractivity contribution in [2.75, 3.05) is 5.75 Å². The van der Waals surface area contributed by atoms with E-state index in [0.717, 1.165) is 5.75 Å². The van der Waals surface area contributed by atoms with E-state index < -0.39 is 0 Å². The van der Waals surface area contributed by atoms with Crippen LogP contribution in [-0.4, -0.2) is 17.0 Å². The van der Waals surface area contributed by atoms with Gasteiger partial charge in [0.05, 0.1) is 6.10 Å². The van der Waals surface area contributed by atoms with Crippen molar-refractivity contribution < 1.29 is 5.11 Å². The van der Waals surface area contributed by atoms with Crippen molar-refractivity contribution in [3.05, 3.63) is 29.8 Å². The van der Waals surface area contributed by atoms with Gasteiger partial charge in [0.15, 0.2) is 0 Å². The first-order valence-electron chi connectivity index (χ1n) is 4.97. The summed E-state index contributed by atoms with van der Waals surface area (Å²) in [5.74, 6) is 1.12. The Bertz CT molecular complexity index is 283. The molecule has 14 heavy (non-hydrogen) atoms. The Morgan fingerprint density at radius 2 is 1.93 bits per heavy atom. The van der Waals surface area contributed by atoms with Crippen molar-refractivity contribution in [1.29, 1.82) is 0 Å². The molecule has 1 rings (SSSR count). The van der Waals surface area contributed by atoms with E-state index in [1.165, 1.54) is 10.5 Å². The summed E-state index contributed by atoms with van der Waals surface area (Å²) >= 11 is 1.73. The zero-order valence-electron chi connectivity index (χ0n) is 9.03. The molecule has 0 spiro atoms. The Morgan fingerprint density at radius 1 is 1.29 bits per heavy atom. The maximum atomic E-state index is 9.66. The molecule has 0 aliphatic heterocycles. The van der Waals surface area contributed by atoms with Gasteiger partial charge < -0.3 is 5.11 Å². The first-order chi connectivity index (χ1) is 6.61. The van der Waals surface area contributed by atoms with E-state index in [1.54, 1.807) is 11.8 Å². The Morgan fingerprint density at radius 3 is 2.50 bits per heavy atom. The lowest BCUT2D eigenvalue weighted by atomic mass is 10.1. The predicted molar refractivity (Wildman–Crippen MR) is 62.7 cm³/mol. The smallest absolute Gasteiger partial charge is 0.0656 e. The number of hydrogen-bond donors (Lipinski definition) is 1. The molecule has 0 amide bonds. The van der Waals surface area contributed by atoms with Crippen LogP contribution in [0, 0.1) is 12.8 Å². The van der Waals surface area contributed by atoms with Gasteiger partial charge in [-0.2, -0.15) is 0 Å². The molecule has 1 aromatic carbocycles. The number of aliphatic hydroxyl groups is 1. The molecular formula is C12H18OS. The van der Waals surface area contributed by atoms with Crippen LogP contribution in [-0.2, 0) is 0 Å². The summed E-state index contributed by atoms with van der Waals surface area (Å²) in [6.07, 6.45) is -0.209. The highest BCUT2D eigenvalue weighted by atomic mass is 32.2. The Labute approximate surface area is 90.5 Å². The molecule has 0 fully saturated rings. The molecule has 0 bridgehead atoms. The minimum Gasteiger partial charge on any atom is -0.392 e. The van der Waals surface area contributed by atoms with Gasteiger partial charge in [0, 0.05) is 10.6 Å². The molecule has 78 valence electrons. The van der Waals surface area contributed by atoms with Crippen LogP contribution < -0.4 is 0 Å². The van der Waals surface area contributed by atoms with Crippen LogP contribution in [0.5, 0.6) is 0 Å². The molecular weight excluding hydrogens is 192 g/mol.